The molecule has 0 amide bonds. The molecule has 0 aliphatic rings. The van der Waals surface area contributed by atoms with Gasteiger partial charge in [-0.05, 0) is 48.5 Å². The second kappa shape index (κ2) is 8.17. The number of hydrogen-bond acceptors (Lipinski definition) is 3. The molecule has 4 nitrogen and oxygen atoms in total. The number of para-hydroxylation sites is 1. The van der Waals surface area contributed by atoms with Gasteiger partial charge in [0.1, 0.15) is 18.2 Å². The molecular weight excluding hydrogens is 440 g/mol. The van der Waals surface area contributed by atoms with Crippen LogP contribution >= 0.6 is 27.5 Å². The van der Waals surface area contributed by atoms with Crippen molar-refractivity contribution in [2.75, 3.05) is 6.61 Å². The fourth-order valence-corrected chi connectivity index (χ4v) is 3.37. The quantitative estimate of drug-likeness (QED) is 0.396. The first-order valence-electron chi connectivity index (χ1n) is 8.76. The van der Waals surface area contributed by atoms with Crippen molar-refractivity contribution in [2.45, 2.75) is 6.54 Å². The van der Waals surface area contributed by atoms with E-state index in [4.69, 9.17) is 21.3 Å². The number of ether oxygens (including phenoxy) is 1. The zero-order valence-electron chi connectivity index (χ0n) is 14.8. The predicted octanol–water partition coefficient (Wildman–Crippen LogP) is 5.56. The van der Waals surface area contributed by atoms with E-state index in [9.17, 15) is 4.79 Å². The largest absolute Gasteiger partial charge is 0.492 e. The Morgan fingerprint density at radius 1 is 0.964 bits per heavy atom. The average Bonchev–Trinajstić information content (AvgIpc) is 2.71. The van der Waals surface area contributed by atoms with Gasteiger partial charge < -0.3 is 4.74 Å². The van der Waals surface area contributed by atoms with E-state index >= 15 is 0 Å². The summed E-state index contributed by atoms with van der Waals surface area (Å²) in [5.74, 6) is 1.33. The topological polar surface area (TPSA) is 44.1 Å². The van der Waals surface area contributed by atoms with E-state index in [1.807, 2.05) is 42.5 Å². The Morgan fingerprint density at radius 2 is 1.68 bits per heavy atom. The van der Waals surface area contributed by atoms with Gasteiger partial charge in [0.15, 0.2) is 0 Å². The van der Waals surface area contributed by atoms with E-state index in [0.29, 0.717) is 40.7 Å². The summed E-state index contributed by atoms with van der Waals surface area (Å²) in [6, 6.07) is 22.3. The Bertz CT molecular complexity index is 1170. The molecule has 0 atom stereocenters. The second-order valence-corrected chi connectivity index (χ2v) is 7.57. The van der Waals surface area contributed by atoms with E-state index in [2.05, 4.69) is 15.9 Å². The van der Waals surface area contributed by atoms with Gasteiger partial charge in [-0.1, -0.05) is 51.8 Å². The molecule has 0 saturated heterocycles. The fraction of sp³-hybridized carbons (Fsp3) is 0.0909. The zero-order chi connectivity index (χ0) is 19.5. The van der Waals surface area contributed by atoms with Crippen LogP contribution in [-0.2, 0) is 6.54 Å². The van der Waals surface area contributed by atoms with Crippen LogP contribution < -0.4 is 10.3 Å². The molecule has 4 rings (SSSR count). The standard InChI is InChI=1S/C22H16BrClN2O2/c23-16-7-5-15(6-8-16)21-25-20-4-2-1-3-19(20)22(27)26(21)13-14-28-18-11-9-17(24)10-12-18/h1-12H,13-14H2. The summed E-state index contributed by atoms with van der Waals surface area (Å²) in [5.41, 5.74) is 1.47. The van der Waals surface area contributed by atoms with Gasteiger partial charge in [0.25, 0.3) is 5.56 Å². The van der Waals surface area contributed by atoms with E-state index in [-0.39, 0.29) is 5.56 Å². The normalized spacial score (nSPS) is 10.9. The van der Waals surface area contributed by atoms with Gasteiger partial charge in [0.2, 0.25) is 0 Å². The Hall–Kier alpha value is -2.63. The van der Waals surface area contributed by atoms with Crippen molar-refractivity contribution >= 4 is 38.4 Å². The third-order valence-corrected chi connectivity index (χ3v) is 5.14. The van der Waals surface area contributed by atoms with Gasteiger partial charge >= 0.3 is 0 Å². The molecule has 0 radical (unpaired) electrons. The molecule has 4 aromatic rings. The molecule has 28 heavy (non-hydrogen) atoms. The molecule has 0 fully saturated rings. The van der Waals surface area contributed by atoms with E-state index < -0.39 is 0 Å². The first kappa shape index (κ1) is 18.7. The lowest BCUT2D eigenvalue weighted by atomic mass is 10.2. The van der Waals surface area contributed by atoms with Crippen LogP contribution in [0.3, 0.4) is 0 Å². The number of rotatable bonds is 5. The van der Waals surface area contributed by atoms with Crippen LogP contribution in [0.4, 0.5) is 0 Å². The number of nitrogens with zero attached hydrogens (tertiary/aromatic N) is 2. The number of aromatic nitrogens is 2. The maximum Gasteiger partial charge on any atom is 0.261 e. The minimum Gasteiger partial charge on any atom is -0.492 e. The number of hydrogen-bond donors (Lipinski definition) is 0. The first-order chi connectivity index (χ1) is 13.6. The zero-order valence-corrected chi connectivity index (χ0v) is 17.2. The molecule has 0 N–H and O–H groups in total. The molecule has 0 unspecified atom stereocenters. The fourth-order valence-electron chi connectivity index (χ4n) is 2.98. The van der Waals surface area contributed by atoms with Gasteiger partial charge in [-0.3, -0.25) is 9.36 Å². The van der Waals surface area contributed by atoms with Crippen molar-refractivity contribution in [2.24, 2.45) is 0 Å². The van der Waals surface area contributed by atoms with Crippen molar-refractivity contribution < 1.29 is 4.74 Å². The summed E-state index contributed by atoms with van der Waals surface area (Å²) < 4.78 is 8.43. The average molecular weight is 456 g/mol. The van der Waals surface area contributed by atoms with Gasteiger partial charge in [-0.25, -0.2) is 4.98 Å². The van der Waals surface area contributed by atoms with Crippen LogP contribution in [0.5, 0.6) is 5.75 Å². The van der Waals surface area contributed by atoms with Crippen molar-refractivity contribution in [3.63, 3.8) is 0 Å². The summed E-state index contributed by atoms with van der Waals surface area (Å²) in [5, 5.41) is 1.25. The van der Waals surface area contributed by atoms with Crippen molar-refractivity contribution in [3.8, 4) is 17.1 Å². The molecule has 1 aromatic heterocycles. The van der Waals surface area contributed by atoms with Crippen LogP contribution in [0, 0.1) is 0 Å². The Balaban J connectivity index is 1.71. The summed E-state index contributed by atoms with van der Waals surface area (Å²) in [4.78, 5) is 17.9. The third kappa shape index (κ3) is 3.96. The van der Waals surface area contributed by atoms with Gasteiger partial charge in [0, 0.05) is 15.1 Å². The highest BCUT2D eigenvalue weighted by atomic mass is 79.9. The molecule has 0 aliphatic heterocycles. The molecular formula is C22H16BrClN2O2. The van der Waals surface area contributed by atoms with Crippen LogP contribution in [-0.4, -0.2) is 16.2 Å². The molecule has 0 bridgehead atoms. The highest BCUT2D eigenvalue weighted by Gasteiger charge is 2.13. The van der Waals surface area contributed by atoms with E-state index in [0.717, 1.165) is 10.0 Å². The van der Waals surface area contributed by atoms with Crippen molar-refractivity contribution in [1.29, 1.82) is 0 Å². The maximum atomic E-state index is 13.1. The summed E-state index contributed by atoms with van der Waals surface area (Å²) >= 11 is 9.35. The van der Waals surface area contributed by atoms with Gasteiger partial charge in [-0.2, -0.15) is 0 Å². The molecule has 0 spiro atoms. The summed E-state index contributed by atoms with van der Waals surface area (Å²) in [6.45, 7) is 0.718. The number of benzene rings is 3. The van der Waals surface area contributed by atoms with E-state index in [1.165, 1.54) is 0 Å². The SMILES string of the molecule is O=c1c2ccccc2nc(-c2ccc(Br)cc2)n1CCOc1ccc(Cl)cc1. The van der Waals surface area contributed by atoms with Crippen molar-refractivity contribution in [3.05, 3.63) is 92.6 Å². The minimum atomic E-state index is -0.0803. The monoisotopic (exact) mass is 454 g/mol. The van der Waals surface area contributed by atoms with Gasteiger partial charge in [-0.15, -0.1) is 0 Å². The first-order valence-corrected chi connectivity index (χ1v) is 9.93. The third-order valence-electron chi connectivity index (χ3n) is 4.36. The molecule has 3 aromatic carbocycles. The lowest BCUT2D eigenvalue weighted by Crippen LogP contribution is -2.26. The number of halogens is 2. The Labute approximate surface area is 175 Å². The van der Waals surface area contributed by atoms with Crippen LogP contribution in [0.25, 0.3) is 22.3 Å². The highest BCUT2D eigenvalue weighted by molar-refractivity contribution is 9.10. The molecule has 0 saturated carbocycles. The molecule has 1 heterocycles. The number of fused-ring (bicyclic) bond motifs is 1. The Kier molecular flexibility index (Phi) is 5.46. The van der Waals surface area contributed by atoms with Crippen LogP contribution in [0.1, 0.15) is 0 Å². The molecule has 0 aliphatic carbocycles. The summed E-state index contributed by atoms with van der Waals surface area (Å²) in [7, 11) is 0. The van der Waals surface area contributed by atoms with Crippen LogP contribution in [0.2, 0.25) is 5.02 Å². The lowest BCUT2D eigenvalue weighted by Gasteiger charge is -2.14. The highest BCUT2D eigenvalue weighted by Crippen LogP contribution is 2.22. The smallest absolute Gasteiger partial charge is 0.261 e. The Morgan fingerprint density at radius 3 is 2.43 bits per heavy atom. The maximum absolute atomic E-state index is 13.1. The molecule has 6 heteroatoms. The van der Waals surface area contributed by atoms with Crippen LogP contribution in [0.15, 0.2) is 82.1 Å². The summed E-state index contributed by atoms with van der Waals surface area (Å²) in [6.07, 6.45) is 0. The predicted molar refractivity (Wildman–Crippen MR) is 116 cm³/mol. The minimum absolute atomic E-state index is 0.0803. The second-order valence-electron chi connectivity index (χ2n) is 6.22. The lowest BCUT2D eigenvalue weighted by molar-refractivity contribution is 0.297. The van der Waals surface area contributed by atoms with Gasteiger partial charge in [0.05, 0.1) is 17.4 Å². The van der Waals surface area contributed by atoms with Crippen molar-refractivity contribution in [1.82, 2.24) is 9.55 Å². The molecule has 140 valence electrons. The van der Waals surface area contributed by atoms with E-state index in [1.54, 1.807) is 34.9 Å².